The summed E-state index contributed by atoms with van der Waals surface area (Å²) in [6, 6.07) is 0.314. The standard InChI is InChI=1S/C9H16N2O/c1-3-5-8(4-2)11-7-6-9(10)12/h1,8,11H,4-7H2,2H3,(H2,10,12). The highest BCUT2D eigenvalue weighted by Gasteiger charge is 2.02. The van der Waals surface area contributed by atoms with Gasteiger partial charge in [-0.1, -0.05) is 6.92 Å². The Morgan fingerprint density at radius 1 is 1.75 bits per heavy atom. The van der Waals surface area contributed by atoms with E-state index in [2.05, 4.69) is 18.2 Å². The van der Waals surface area contributed by atoms with E-state index in [1.165, 1.54) is 0 Å². The molecule has 0 saturated carbocycles. The zero-order valence-corrected chi connectivity index (χ0v) is 7.47. The van der Waals surface area contributed by atoms with E-state index in [9.17, 15) is 4.79 Å². The van der Waals surface area contributed by atoms with Crippen LogP contribution in [0.1, 0.15) is 26.2 Å². The van der Waals surface area contributed by atoms with Gasteiger partial charge < -0.3 is 11.1 Å². The van der Waals surface area contributed by atoms with Crippen LogP contribution in [-0.4, -0.2) is 18.5 Å². The Morgan fingerprint density at radius 3 is 2.83 bits per heavy atom. The fourth-order valence-corrected chi connectivity index (χ4v) is 0.903. The average Bonchev–Trinajstić information content (AvgIpc) is 2.02. The van der Waals surface area contributed by atoms with Crippen molar-refractivity contribution < 1.29 is 4.79 Å². The molecule has 0 heterocycles. The zero-order chi connectivity index (χ0) is 9.40. The predicted molar refractivity (Wildman–Crippen MR) is 49.3 cm³/mol. The highest BCUT2D eigenvalue weighted by atomic mass is 16.1. The molecule has 0 aromatic rings. The Balaban J connectivity index is 3.45. The van der Waals surface area contributed by atoms with Gasteiger partial charge in [0.25, 0.3) is 0 Å². The second-order valence-corrected chi connectivity index (χ2v) is 2.68. The minimum absolute atomic E-state index is 0.280. The van der Waals surface area contributed by atoms with Crippen molar-refractivity contribution in [2.24, 2.45) is 5.73 Å². The van der Waals surface area contributed by atoms with Gasteiger partial charge in [-0.15, -0.1) is 12.3 Å². The van der Waals surface area contributed by atoms with E-state index in [1.54, 1.807) is 0 Å². The molecule has 0 aromatic carbocycles. The average molecular weight is 168 g/mol. The molecule has 3 nitrogen and oxygen atoms in total. The Morgan fingerprint density at radius 2 is 2.42 bits per heavy atom. The van der Waals surface area contributed by atoms with E-state index >= 15 is 0 Å². The lowest BCUT2D eigenvalue weighted by Gasteiger charge is -2.12. The SMILES string of the molecule is C#CCC(CC)NCCC(N)=O. The summed E-state index contributed by atoms with van der Waals surface area (Å²) in [4.78, 5) is 10.4. The zero-order valence-electron chi connectivity index (χ0n) is 7.47. The molecule has 0 aliphatic carbocycles. The molecule has 3 N–H and O–H groups in total. The summed E-state index contributed by atoms with van der Waals surface area (Å²) in [5.41, 5.74) is 4.97. The van der Waals surface area contributed by atoms with Gasteiger partial charge in [-0.25, -0.2) is 0 Å². The first-order valence-corrected chi connectivity index (χ1v) is 4.15. The van der Waals surface area contributed by atoms with Gasteiger partial charge in [-0.05, 0) is 6.42 Å². The molecule has 68 valence electrons. The third kappa shape index (κ3) is 5.75. The normalized spacial score (nSPS) is 12.0. The number of carbonyl (C=O) groups excluding carboxylic acids is 1. The van der Waals surface area contributed by atoms with E-state index < -0.39 is 0 Å². The van der Waals surface area contributed by atoms with Crippen LogP contribution in [0, 0.1) is 12.3 Å². The van der Waals surface area contributed by atoms with Gasteiger partial charge in [0.2, 0.25) is 5.91 Å². The molecule has 0 aliphatic heterocycles. The minimum Gasteiger partial charge on any atom is -0.370 e. The highest BCUT2D eigenvalue weighted by molar-refractivity contribution is 5.73. The fraction of sp³-hybridized carbons (Fsp3) is 0.667. The van der Waals surface area contributed by atoms with E-state index in [0.717, 1.165) is 6.42 Å². The molecular weight excluding hydrogens is 152 g/mol. The number of amides is 1. The largest absolute Gasteiger partial charge is 0.370 e. The van der Waals surface area contributed by atoms with Gasteiger partial charge >= 0.3 is 0 Å². The summed E-state index contributed by atoms with van der Waals surface area (Å²) in [5.74, 6) is 2.30. The van der Waals surface area contributed by atoms with Crippen molar-refractivity contribution >= 4 is 5.91 Å². The maximum atomic E-state index is 10.4. The first kappa shape index (κ1) is 11.0. The topological polar surface area (TPSA) is 55.1 Å². The summed E-state index contributed by atoms with van der Waals surface area (Å²) in [7, 11) is 0. The fourth-order valence-electron chi connectivity index (χ4n) is 0.903. The molecule has 0 fully saturated rings. The number of hydrogen-bond donors (Lipinski definition) is 2. The molecule has 0 rings (SSSR count). The Hall–Kier alpha value is -1.01. The lowest BCUT2D eigenvalue weighted by molar-refractivity contribution is -0.117. The van der Waals surface area contributed by atoms with Crippen LogP contribution >= 0.6 is 0 Å². The second-order valence-electron chi connectivity index (χ2n) is 2.68. The van der Waals surface area contributed by atoms with Crippen molar-refractivity contribution in [2.45, 2.75) is 32.2 Å². The number of rotatable bonds is 6. The number of carbonyl (C=O) groups is 1. The Kier molecular flexibility index (Phi) is 6.12. The predicted octanol–water partition coefficient (Wildman–Crippen LogP) is 0.253. The van der Waals surface area contributed by atoms with Crippen molar-refractivity contribution in [3.05, 3.63) is 0 Å². The van der Waals surface area contributed by atoms with Crippen LogP contribution in [0.2, 0.25) is 0 Å². The van der Waals surface area contributed by atoms with E-state index in [1.807, 2.05) is 0 Å². The quantitative estimate of drug-likeness (QED) is 0.559. The van der Waals surface area contributed by atoms with Crippen LogP contribution in [0.3, 0.4) is 0 Å². The molecule has 1 atom stereocenters. The molecule has 0 saturated heterocycles. The monoisotopic (exact) mass is 168 g/mol. The smallest absolute Gasteiger partial charge is 0.218 e. The lowest BCUT2D eigenvalue weighted by atomic mass is 10.1. The number of primary amides is 1. The maximum absolute atomic E-state index is 10.4. The van der Waals surface area contributed by atoms with Crippen molar-refractivity contribution in [3.63, 3.8) is 0 Å². The van der Waals surface area contributed by atoms with Crippen molar-refractivity contribution in [3.8, 4) is 12.3 Å². The van der Waals surface area contributed by atoms with Gasteiger partial charge in [-0.2, -0.15) is 0 Å². The molecule has 0 spiro atoms. The lowest BCUT2D eigenvalue weighted by Crippen LogP contribution is -2.31. The van der Waals surface area contributed by atoms with E-state index in [-0.39, 0.29) is 5.91 Å². The molecular formula is C9H16N2O. The van der Waals surface area contributed by atoms with Crippen LogP contribution in [0.5, 0.6) is 0 Å². The van der Waals surface area contributed by atoms with E-state index in [4.69, 9.17) is 12.2 Å². The highest BCUT2D eigenvalue weighted by Crippen LogP contribution is 1.95. The number of nitrogens with one attached hydrogen (secondary N) is 1. The molecule has 12 heavy (non-hydrogen) atoms. The minimum atomic E-state index is -0.280. The van der Waals surface area contributed by atoms with Crippen LogP contribution in [0.25, 0.3) is 0 Å². The number of nitrogens with two attached hydrogens (primary N) is 1. The van der Waals surface area contributed by atoms with Crippen LogP contribution in [0.4, 0.5) is 0 Å². The summed E-state index contributed by atoms with van der Waals surface area (Å²) in [5, 5.41) is 3.16. The third-order valence-corrected chi connectivity index (χ3v) is 1.66. The van der Waals surface area contributed by atoms with Gasteiger partial charge in [0, 0.05) is 25.4 Å². The van der Waals surface area contributed by atoms with Crippen LogP contribution < -0.4 is 11.1 Å². The summed E-state index contributed by atoms with van der Waals surface area (Å²) < 4.78 is 0. The Labute approximate surface area is 73.7 Å². The second kappa shape index (κ2) is 6.68. The molecule has 1 amide bonds. The van der Waals surface area contributed by atoms with Crippen molar-refractivity contribution in [2.75, 3.05) is 6.54 Å². The van der Waals surface area contributed by atoms with Gasteiger partial charge in [0.1, 0.15) is 0 Å². The van der Waals surface area contributed by atoms with Crippen LogP contribution in [-0.2, 0) is 4.79 Å². The molecule has 0 aliphatic rings. The van der Waals surface area contributed by atoms with Gasteiger partial charge in [-0.3, -0.25) is 4.79 Å². The number of terminal acetylenes is 1. The summed E-state index contributed by atoms with van der Waals surface area (Å²) >= 11 is 0. The first-order chi connectivity index (χ1) is 5.70. The molecule has 1 unspecified atom stereocenters. The maximum Gasteiger partial charge on any atom is 0.218 e. The van der Waals surface area contributed by atoms with Gasteiger partial charge in [0.05, 0.1) is 0 Å². The molecule has 0 bridgehead atoms. The molecule has 0 aromatic heterocycles. The van der Waals surface area contributed by atoms with E-state index in [0.29, 0.717) is 25.4 Å². The summed E-state index contributed by atoms with van der Waals surface area (Å²) in [6.45, 7) is 2.68. The van der Waals surface area contributed by atoms with Crippen molar-refractivity contribution in [1.82, 2.24) is 5.32 Å². The van der Waals surface area contributed by atoms with Crippen molar-refractivity contribution in [1.29, 1.82) is 0 Å². The van der Waals surface area contributed by atoms with Gasteiger partial charge in [0.15, 0.2) is 0 Å². The third-order valence-electron chi connectivity index (χ3n) is 1.66. The van der Waals surface area contributed by atoms with Crippen LogP contribution in [0.15, 0.2) is 0 Å². The molecule has 0 radical (unpaired) electrons. The Bertz CT molecular complexity index is 172. The number of hydrogen-bond acceptors (Lipinski definition) is 2. The first-order valence-electron chi connectivity index (χ1n) is 4.15. The summed E-state index contributed by atoms with van der Waals surface area (Å²) in [6.07, 6.45) is 7.21. The molecule has 3 heteroatoms.